The van der Waals surface area contributed by atoms with Gasteiger partial charge in [0.15, 0.2) is 0 Å². The van der Waals surface area contributed by atoms with Gasteiger partial charge in [-0.2, -0.15) is 0 Å². The predicted molar refractivity (Wildman–Crippen MR) is 111 cm³/mol. The van der Waals surface area contributed by atoms with Crippen LogP contribution in [0.4, 0.5) is 4.79 Å². The monoisotopic (exact) mass is 409 g/mol. The van der Waals surface area contributed by atoms with E-state index in [1.54, 1.807) is 12.1 Å². The van der Waals surface area contributed by atoms with Crippen molar-refractivity contribution < 1.29 is 23.5 Å². The van der Waals surface area contributed by atoms with E-state index in [0.29, 0.717) is 5.58 Å². The van der Waals surface area contributed by atoms with Crippen molar-refractivity contribution in [2.75, 3.05) is 6.54 Å². The summed E-state index contributed by atoms with van der Waals surface area (Å²) >= 11 is 0. The van der Waals surface area contributed by atoms with Gasteiger partial charge in [0.05, 0.1) is 6.42 Å². The molecule has 30 heavy (non-hydrogen) atoms. The molecule has 0 bridgehead atoms. The molecule has 3 rings (SSSR count). The van der Waals surface area contributed by atoms with E-state index in [0.717, 1.165) is 29.4 Å². The summed E-state index contributed by atoms with van der Waals surface area (Å²) in [6, 6.07) is 15.7. The van der Waals surface area contributed by atoms with E-state index in [9.17, 15) is 14.4 Å². The molecule has 0 unspecified atom stereocenters. The summed E-state index contributed by atoms with van der Waals surface area (Å²) < 4.78 is 15.6. The van der Waals surface area contributed by atoms with Gasteiger partial charge in [0, 0.05) is 24.1 Å². The fraction of sp³-hybridized carbons (Fsp3) is 0.261. The molecular weight excluding hydrogens is 386 g/mol. The van der Waals surface area contributed by atoms with Gasteiger partial charge in [-0.1, -0.05) is 43.7 Å². The van der Waals surface area contributed by atoms with E-state index in [-0.39, 0.29) is 25.3 Å². The van der Waals surface area contributed by atoms with Crippen LogP contribution in [0.3, 0.4) is 0 Å². The topological polar surface area (TPSA) is 94.8 Å². The molecule has 7 heteroatoms. The highest BCUT2D eigenvalue weighted by Crippen LogP contribution is 2.23. The van der Waals surface area contributed by atoms with Crippen LogP contribution in [0.2, 0.25) is 0 Å². The number of fused-ring (bicyclic) bond motifs is 1. The lowest BCUT2D eigenvalue weighted by Crippen LogP contribution is -2.27. The lowest BCUT2D eigenvalue weighted by Gasteiger charge is -2.08. The molecule has 2 aromatic carbocycles. The third-order valence-corrected chi connectivity index (χ3v) is 4.36. The molecule has 1 heterocycles. The molecule has 3 aromatic rings. The minimum atomic E-state index is -0.609. The quantitative estimate of drug-likeness (QED) is 0.344. The predicted octanol–water partition coefficient (Wildman–Crippen LogP) is 3.97. The Kier molecular flexibility index (Phi) is 7.21. The van der Waals surface area contributed by atoms with Gasteiger partial charge in [-0.05, 0) is 29.7 Å². The van der Waals surface area contributed by atoms with Crippen LogP contribution in [0.1, 0.15) is 30.9 Å². The van der Waals surface area contributed by atoms with E-state index in [2.05, 4.69) is 5.32 Å². The van der Waals surface area contributed by atoms with Crippen molar-refractivity contribution in [3.63, 3.8) is 0 Å². The number of esters is 1. The first-order chi connectivity index (χ1) is 14.5. The highest BCUT2D eigenvalue weighted by atomic mass is 16.5. The smallest absolute Gasteiger partial charge is 0.407 e. The van der Waals surface area contributed by atoms with Crippen molar-refractivity contribution in [3.8, 4) is 5.75 Å². The van der Waals surface area contributed by atoms with Crippen molar-refractivity contribution in [1.29, 1.82) is 0 Å². The number of hydrogen-bond acceptors (Lipinski definition) is 6. The second-order valence-electron chi connectivity index (χ2n) is 6.71. The third-order valence-electron chi connectivity index (χ3n) is 4.36. The Morgan fingerprint density at radius 3 is 2.63 bits per heavy atom. The van der Waals surface area contributed by atoms with Crippen molar-refractivity contribution in [2.45, 2.75) is 32.8 Å². The maximum absolute atomic E-state index is 12.0. The van der Waals surface area contributed by atoms with Gasteiger partial charge in [-0.25, -0.2) is 9.59 Å². The fourth-order valence-electron chi connectivity index (χ4n) is 2.97. The standard InChI is InChI=1S/C23H23NO6/c1-2-6-17-13-22(26)30-20-14-18(9-10-19(17)20)29-21(25)11-12-24-23(27)28-15-16-7-4-3-5-8-16/h3-5,7-10,13-14H,2,6,11-12,15H2,1H3,(H,24,27). The van der Waals surface area contributed by atoms with Crippen molar-refractivity contribution in [1.82, 2.24) is 5.32 Å². The number of nitrogens with one attached hydrogen (secondary N) is 1. The average Bonchev–Trinajstić information content (AvgIpc) is 2.73. The first-order valence-electron chi connectivity index (χ1n) is 9.77. The second-order valence-corrected chi connectivity index (χ2v) is 6.71. The summed E-state index contributed by atoms with van der Waals surface area (Å²) in [4.78, 5) is 35.5. The fourth-order valence-corrected chi connectivity index (χ4v) is 2.97. The van der Waals surface area contributed by atoms with Crippen LogP contribution in [0, 0.1) is 0 Å². The largest absolute Gasteiger partial charge is 0.445 e. The maximum atomic E-state index is 12.0. The zero-order chi connectivity index (χ0) is 21.3. The van der Waals surface area contributed by atoms with Gasteiger partial charge < -0.3 is 19.2 Å². The van der Waals surface area contributed by atoms with Crippen molar-refractivity contribution in [3.05, 3.63) is 76.1 Å². The molecule has 7 nitrogen and oxygen atoms in total. The normalized spacial score (nSPS) is 10.6. The molecule has 0 aliphatic rings. The number of alkyl carbamates (subject to hydrolysis) is 1. The highest BCUT2D eigenvalue weighted by Gasteiger charge is 2.10. The summed E-state index contributed by atoms with van der Waals surface area (Å²) in [5, 5.41) is 3.32. The van der Waals surface area contributed by atoms with E-state index >= 15 is 0 Å². The lowest BCUT2D eigenvalue weighted by molar-refractivity contribution is -0.134. The van der Waals surface area contributed by atoms with Crippen molar-refractivity contribution >= 4 is 23.0 Å². The molecule has 1 N–H and O–H groups in total. The van der Waals surface area contributed by atoms with Gasteiger partial charge in [0.1, 0.15) is 17.9 Å². The number of carbonyl (C=O) groups excluding carboxylic acids is 2. The van der Waals surface area contributed by atoms with E-state index in [1.165, 1.54) is 12.1 Å². The molecule has 0 fully saturated rings. The Balaban J connectivity index is 1.49. The minimum Gasteiger partial charge on any atom is -0.445 e. The van der Waals surface area contributed by atoms with Gasteiger partial charge in [-0.3, -0.25) is 4.79 Å². The van der Waals surface area contributed by atoms with Gasteiger partial charge in [0.25, 0.3) is 0 Å². The van der Waals surface area contributed by atoms with E-state index in [4.69, 9.17) is 13.9 Å². The Morgan fingerprint density at radius 2 is 1.87 bits per heavy atom. The number of benzene rings is 2. The van der Waals surface area contributed by atoms with Crippen LogP contribution < -0.4 is 15.7 Å². The molecular formula is C23H23NO6. The van der Waals surface area contributed by atoms with Crippen LogP contribution in [0.25, 0.3) is 11.0 Å². The highest BCUT2D eigenvalue weighted by molar-refractivity contribution is 5.83. The van der Waals surface area contributed by atoms with Crippen LogP contribution in [-0.2, 0) is 22.6 Å². The Bertz CT molecular complexity index is 1070. The number of ether oxygens (including phenoxy) is 2. The van der Waals surface area contributed by atoms with Crippen LogP contribution in [-0.4, -0.2) is 18.6 Å². The number of aryl methyl sites for hydroxylation is 1. The SMILES string of the molecule is CCCc1cc(=O)oc2cc(OC(=O)CCNC(=O)OCc3ccccc3)ccc12. The van der Waals surface area contributed by atoms with Crippen LogP contribution >= 0.6 is 0 Å². The van der Waals surface area contributed by atoms with Crippen molar-refractivity contribution in [2.24, 2.45) is 0 Å². The molecule has 156 valence electrons. The summed E-state index contributed by atoms with van der Waals surface area (Å²) in [6.45, 7) is 2.26. The zero-order valence-electron chi connectivity index (χ0n) is 16.7. The molecule has 0 spiro atoms. The summed E-state index contributed by atoms with van der Waals surface area (Å²) in [6.07, 6.45) is 1.02. The Labute approximate surface area is 173 Å². The average molecular weight is 409 g/mol. The Morgan fingerprint density at radius 1 is 1.07 bits per heavy atom. The molecule has 1 amide bonds. The number of carbonyl (C=O) groups is 2. The molecule has 0 radical (unpaired) electrons. The van der Waals surface area contributed by atoms with Gasteiger partial charge in [-0.15, -0.1) is 0 Å². The summed E-state index contributed by atoms with van der Waals surface area (Å²) in [5.41, 5.74) is 1.71. The first-order valence-corrected chi connectivity index (χ1v) is 9.77. The molecule has 1 aromatic heterocycles. The third kappa shape index (κ3) is 5.94. The minimum absolute atomic E-state index is 0.0295. The van der Waals surface area contributed by atoms with Crippen LogP contribution in [0.15, 0.2) is 63.8 Å². The number of rotatable bonds is 8. The number of hydrogen-bond donors (Lipinski definition) is 1. The summed E-state index contributed by atoms with van der Waals surface area (Å²) in [5.74, 6) is -0.249. The molecule has 0 aliphatic heterocycles. The lowest BCUT2D eigenvalue weighted by atomic mass is 10.1. The van der Waals surface area contributed by atoms with Crippen LogP contribution in [0.5, 0.6) is 5.75 Å². The second kappa shape index (κ2) is 10.2. The van der Waals surface area contributed by atoms with E-state index in [1.807, 2.05) is 37.3 Å². The van der Waals surface area contributed by atoms with Gasteiger partial charge in [0.2, 0.25) is 0 Å². The molecule has 0 aliphatic carbocycles. The summed E-state index contributed by atoms with van der Waals surface area (Å²) in [7, 11) is 0. The Hall–Kier alpha value is -3.61. The van der Waals surface area contributed by atoms with E-state index < -0.39 is 17.7 Å². The maximum Gasteiger partial charge on any atom is 0.407 e. The molecule has 0 saturated heterocycles. The first kappa shape index (κ1) is 21.1. The zero-order valence-corrected chi connectivity index (χ0v) is 16.7. The molecule has 0 saturated carbocycles. The number of amides is 1. The molecule has 0 atom stereocenters. The van der Waals surface area contributed by atoms with Gasteiger partial charge >= 0.3 is 17.7 Å².